The van der Waals surface area contributed by atoms with Crippen molar-refractivity contribution in [3.63, 3.8) is 0 Å². The van der Waals surface area contributed by atoms with Crippen LogP contribution < -0.4 is 4.90 Å². The molecule has 5 aromatic carbocycles. The zero-order valence-corrected chi connectivity index (χ0v) is 16.9. The Kier molecular flexibility index (Phi) is 4.37. The second-order valence-electron chi connectivity index (χ2n) is 8.13. The van der Waals surface area contributed by atoms with Crippen LogP contribution in [0.2, 0.25) is 0 Å². The predicted molar refractivity (Wildman–Crippen MR) is 124 cm³/mol. The summed E-state index contributed by atoms with van der Waals surface area (Å²) in [5, 5.41) is 18.5. The molecule has 5 aromatic rings. The van der Waals surface area contributed by atoms with Gasteiger partial charge >= 0.3 is 0 Å². The van der Waals surface area contributed by atoms with Crippen molar-refractivity contribution in [1.82, 2.24) is 0 Å². The van der Waals surface area contributed by atoms with Crippen LogP contribution >= 0.6 is 0 Å². The van der Waals surface area contributed by atoms with E-state index in [-0.39, 0.29) is 0 Å². The molecule has 0 aliphatic rings. The highest BCUT2D eigenvalue weighted by Crippen LogP contribution is 2.38. The quantitative estimate of drug-likeness (QED) is 0.361. The van der Waals surface area contributed by atoms with E-state index < -0.39 is 6.10 Å². The topological polar surface area (TPSA) is 23.5 Å². The summed E-state index contributed by atoms with van der Waals surface area (Å²) in [6, 6.07) is 28.0. The van der Waals surface area contributed by atoms with E-state index in [1.807, 2.05) is 14.1 Å². The van der Waals surface area contributed by atoms with Crippen molar-refractivity contribution in [2.24, 2.45) is 0 Å². The van der Waals surface area contributed by atoms with Crippen molar-refractivity contribution in [1.29, 1.82) is 0 Å². The number of rotatable bonds is 5. The van der Waals surface area contributed by atoms with Gasteiger partial charge in [0.1, 0.15) is 0 Å². The molecule has 2 heteroatoms. The lowest BCUT2D eigenvalue weighted by atomic mass is 9.89. The molecule has 1 N–H and O–H groups in total. The van der Waals surface area contributed by atoms with E-state index in [4.69, 9.17) is 0 Å². The van der Waals surface area contributed by atoms with E-state index in [1.165, 1.54) is 43.6 Å². The van der Waals surface area contributed by atoms with Crippen LogP contribution in [0.4, 0.5) is 5.69 Å². The monoisotopic (exact) mass is 379 g/mol. The summed E-state index contributed by atoms with van der Waals surface area (Å²) in [7, 11) is 4.10. The Bertz CT molecular complexity index is 1270. The van der Waals surface area contributed by atoms with Crippen LogP contribution in [0.5, 0.6) is 0 Å². The van der Waals surface area contributed by atoms with Crippen LogP contribution in [0.3, 0.4) is 0 Å². The predicted octanol–water partition coefficient (Wildman–Crippen LogP) is 6.32. The number of aryl methyl sites for hydroxylation is 1. The van der Waals surface area contributed by atoms with Gasteiger partial charge in [0.2, 0.25) is 0 Å². The third-order valence-corrected chi connectivity index (χ3v) is 6.08. The van der Waals surface area contributed by atoms with E-state index >= 15 is 0 Å². The average Bonchev–Trinajstić information content (AvgIpc) is 2.76. The summed E-state index contributed by atoms with van der Waals surface area (Å²) < 4.78 is 0. The molecule has 5 rings (SSSR count). The minimum Gasteiger partial charge on any atom is -0.388 e. The average molecular weight is 380 g/mol. The smallest absolute Gasteiger partial charge is 0.0799 e. The first-order valence-electron chi connectivity index (χ1n) is 10.2. The normalized spacial score (nSPS) is 12.8. The lowest BCUT2D eigenvalue weighted by molar-refractivity contribution is 0.169. The van der Waals surface area contributed by atoms with Crippen molar-refractivity contribution in [2.45, 2.75) is 18.9 Å². The SMILES string of the molecule is CN(C)c1ccc(CC[C@H](O)c2ccc3ccc4cccc5ccc2c3c45)cc1. The molecule has 0 spiro atoms. The molecule has 0 aromatic heterocycles. The Hall–Kier alpha value is -3.10. The van der Waals surface area contributed by atoms with E-state index in [0.717, 1.165) is 12.0 Å². The molecule has 144 valence electrons. The molecule has 0 aliphatic carbocycles. The molecular weight excluding hydrogens is 354 g/mol. The number of aliphatic hydroxyl groups is 1. The highest BCUT2D eigenvalue weighted by atomic mass is 16.3. The number of benzene rings is 5. The Morgan fingerprint density at radius 2 is 1.34 bits per heavy atom. The fourth-order valence-electron chi connectivity index (χ4n) is 4.47. The first-order valence-corrected chi connectivity index (χ1v) is 10.2. The van der Waals surface area contributed by atoms with Gasteiger partial charge in [-0.3, -0.25) is 0 Å². The number of anilines is 1. The molecule has 0 bridgehead atoms. The van der Waals surface area contributed by atoms with Crippen molar-refractivity contribution < 1.29 is 5.11 Å². The Labute approximate surface area is 171 Å². The van der Waals surface area contributed by atoms with Crippen molar-refractivity contribution in [3.8, 4) is 0 Å². The largest absolute Gasteiger partial charge is 0.388 e. The van der Waals surface area contributed by atoms with Crippen LogP contribution in [0, 0.1) is 0 Å². The second kappa shape index (κ2) is 7.06. The minimum absolute atomic E-state index is 0.479. The van der Waals surface area contributed by atoms with Gasteiger partial charge in [-0.1, -0.05) is 66.7 Å². The molecule has 0 radical (unpaired) electrons. The van der Waals surface area contributed by atoms with Crippen LogP contribution in [-0.4, -0.2) is 19.2 Å². The molecule has 1 atom stereocenters. The van der Waals surface area contributed by atoms with E-state index in [9.17, 15) is 5.11 Å². The molecule has 29 heavy (non-hydrogen) atoms. The Balaban J connectivity index is 1.49. The molecule has 2 nitrogen and oxygen atoms in total. The molecular formula is C27H25NO. The van der Waals surface area contributed by atoms with E-state index in [0.29, 0.717) is 6.42 Å². The van der Waals surface area contributed by atoms with Crippen LogP contribution in [-0.2, 0) is 6.42 Å². The van der Waals surface area contributed by atoms with Gasteiger partial charge in [-0.25, -0.2) is 0 Å². The second-order valence-corrected chi connectivity index (χ2v) is 8.13. The van der Waals surface area contributed by atoms with Crippen molar-refractivity contribution in [2.75, 3.05) is 19.0 Å². The van der Waals surface area contributed by atoms with Gasteiger partial charge in [0.25, 0.3) is 0 Å². The summed E-state index contributed by atoms with van der Waals surface area (Å²) in [5.74, 6) is 0. The summed E-state index contributed by atoms with van der Waals surface area (Å²) in [5.41, 5.74) is 3.48. The highest BCUT2D eigenvalue weighted by molar-refractivity contribution is 6.23. The highest BCUT2D eigenvalue weighted by Gasteiger charge is 2.15. The van der Waals surface area contributed by atoms with Crippen LogP contribution in [0.25, 0.3) is 32.3 Å². The summed E-state index contributed by atoms with van der Waals surface area (Å²) >= 11 is 0. The number of aliphatic hydroxyl groups excluding tert-OH is 1. The number of hydrogen-bond donors (Lipinski definition) is 1. The zero-order valence-electron chi connectivity index (χ0n) is 16.9. The number of hydrogen-bond acceptors (Lipinski definition) is 2. The van der Waals surface area contributed by atoms with Gasteiger partial charge in [0.05, 0.1) is 6.10 Å². The molecule has 0 fully saturated rings. The first-order chi connectivity index (χ1) is 14.1. The molecule has 0 saturated heterocycles. The zero-order chi connectivity index (χ0) is 20.0. The third-order valence-electron chi connectivity index (χ3n) is 6.08. The van der Waals surface area contributed by atoms with Gasteiger partial charge in [0, 0.05) is 19.8 Å². The molecule has 0 saturated carbocycles. The Morgan fingerprint density at radius 3 is 2.03 bits per heavy atom. The van der Waals surface area contributed by atoms with Crippen LogP contribution in [0.1, 0.15) is 23.7 Å². The van der Waals surface area contributed by atoms with Crippen LogP contribution in [0.15, 0.2) is 78.9 Å². The number of nitrogens with zero attached hydrogens (tertiary/aromatic N) is 1. The van der Waals surface area contributed by atoms with Gasteiger partial charge < -0.3 is 10.0 Å². The maximum absolute atomic E-state index is 11.0. The first kappa shape index (κ1) is 18.0. The standard InChI is InChI=1S/C27H25NO/c1-28(2)22-13-6-18(7-14-22)8-17-25(29)23-15-11-21-10-9-19-4-3-5-20-12-16-24(23)27(21)26(19)20/h3-7,9-16,25,29H,8,17H2,1-2H3/t25-/m0/s1. The maximum atomic E-state index is 11.0. The van der Waals surface area contributed by atoms with Crippen molar-refractivity contribution >= 4 is 38.0 Å². The van der Waals surface area contributed by atoms with Gasteiger partial charge in [-0.2, -0.15) is 0 Å². The van der Waals surface area contributed by atoms with Crippen molar-refractivity contribution in [3.05, 3.63) is 90.0 Å². The third kappa shape index (κ3) is 3.10. The fourth-order valence-corrected chi connectivity index (χ4v) is 4.47. The molecule has 0 amide bonds. The summed E-state index contributed by atoms with van der Waals surface area (Å²) in [6.07, 6.45) is 1.09. The van der Waals surface area contributed by atoms with E-state index in [1.54, 1.807) is 0 Å². The lowest BCUT2D eigenvalue weighted by Crippen LogP contribution is -2.08. The maximum Gasteiger partial charge on any atom is 0.0799 e. The van der Waals surface area contributed by atoms with Gasteiger partial charge in [0.15, 0.2) is 0 Å². The summed E-state index contributed by atoms with van der Waals surface area (Å²) in [4.78, 5) is 2.10. The Morgan fingerprint density at radius 1 is 0.724 bits per heavy atom. The minimum atomic E-state index is -0.479. The van der Waals surface area contributed by atoms with E-state index in [2.05, 4.69) is 83.8 Å². The van der Waals surface area contributed by atoms with Gasteiger partial charge in [-0.15, -0.1) is 0 Å². The fraction of sp³-hybridized carbons (Fsp3) is 0.185. The molecule has 0 heterocycles. The summed E-state index contributed by atoms with van der Waals surface area (Å²) in [6.45, 7) is 0. The molecule has 0 aliphatic heterocycles. The lowest BCUT2D eigenvalue weighted by Gasteiger charge is -2.18. The molecule has 0 unspecified atom stereocenters. The van der Waals surface area contributed by atoms with Gasteiger partial charge in [-0.05, 0) is 68.4 Å².